The summed E-state index contributed by atoms with van der Waals surface area (Å²) in [7, 11) is 0. The topological polar surface area (TPSA) is 24.1 Å². The average Bonchev–Trinajstić information content (AvgIpc) is 2.89. The van der Waals surface area contributed by atoms with Crippen LogP contribution >= 0.6 is 0 Å². The monoisotopic (exact) mass is 256 g/mol. The van der Waals surface area contributed by atoms with Crippen molar-refractivity contribution in [3.8, 4) is 0 Å². The first-order chi connectivity index (χ1) is 9.24. The lowest BCUT2D eigenvalue weighted by molar-refractivity contribution is 0.618. The molecule has 0 fully saturated rings. The number of para-hydroxylation sites is 1. The third-order valence-electron chi connectivity index (χ3n) is 3.57. The Hall–Kier alpha value is -2.03. The highest BCUT2D eigenvalue weighted by Crippen LogP contribution is 2.27. The summed E-state index contributed by atoms with van der Waals surface area (Å²) in [4.78, 5) is 0. The maximum Gasteiger partial charge on any atom is 0.126 e. The van der Waals surface area contributed by atoms with Crippen molar-refractivity contribution in [1.82, 2.24) is 0 Å². The van der Waals surface area contributed by atoms with Gasteiger partial charge in [0.2, 0.25) is 0 Å². The van der Waals surface area contributed by atoms with Crippen molar-refractivity contribution in [2.75, 3.05) is 17.2 Å². The Kier molecular flexibility index (Phi) is 3.11. The Morgan fingerprint density at radius 2 is 2.16 bits per heavy atom. The van der Waals surface area contributed by atoms with E-state index >= 15 is 0 Å². The fourth-order valence-electron chi connectivity index (χ4n) is 2.51. The highest BCUT2D eigenvalue weighted by Gasteiger charge is 2.13. The Morgan fingerprint density at radius 3 is 3.00 bits per heavy atom. The largest absolute Gasteiger partial charge is 0.384 e. The Bertz CT molecular complexity index is 608. The number of fused-ring (bicyclic) bond motifs is 1. The van der Waals surface area contributed by atoms with E-state index in [0.29, 0.717) is 5.56 Å². The van der Waals surface area contributed by atoms with Crippen LogP contribution < -0.4 is 10.6 Å². The van der Waals surface area contributed by atoms with Gasteiger partial charge in [-0.15, -0.1) is 0 Å². The fraction of sp³-hybridized carbons (Fsp3) is 0.250. The minimum absolute atomic E-state index is 0.159. The fourth-order valence-corrected chi connectivity index (χ4v) is 2.51. The molecule has 1 heterocycles. The van der Waals surface area contributed by atoms with E-state index in [9.17, 15) is 4.39 Å². The summed E-state index contributed by atoms with van der Waals surface area (Å²) in [5, 5.41) is 6.78. The molecular formula is C16H17FN2. The predicted octanol–water partition coefficient (Wildman–Crippen LogP) is 3.71. The lowest BCUT2D eigenvalue weighted by Crippen LogP contribution is -2.03. The van der Waals surface area contributed by atoms with Gasteiger partial charge in [0, 0.05) is 24.5 Å². The van der Waals surface area contributed by atoms with Gasteiger partial charge in [-0.2, -0.15) is 0 Å². The number of hydrogen-bond donors (Lipinski definition) is 2. The molecule has 19 heavy (non-hydrogen) atoms. The molecule has 2 aromatic carbocycles. The van der Waals surface area contributed by atoms with Crippen molar-refractivity contribution >= 4 is 11.4 Å². The Morgan fingerprint density at radius 1 is 1.26 bits per heavy atom. The summed E-state index contributed by atoms with van der Waals surface area (Å²) in [5.74, 6) is -0.159. The molecule has 0 aliphatic carbocycles. The van der Waals surface area contributed by atoms with Crippen LogP contribution in [-0.4, -0.2) is 6.54 Å². The van der Waals surface area contributed by atoms with Crippen molar-refractivity contribution in [2.24, 2.45) is 0 Å². The average molecular weight is 256 g/mol. The minimum atomic E-state index is -0.159. The van der Waals surface area contributed by atoms with Crippen LogP contribution in [0, 0.1) is 12.7 Å². The van der Waals surface area contributed by atoms with Gasteiger partial charge < -0.3 is 10.6 Å². The summed E-state index contributed by atoms with van der Waals surface area (Å²) in [6, 6.07) is 11.5. The molecule has 0 radical (unpaired) electrons. The van der Waals surface area contributed by atoms with Crippen LogP contribution in [0.1, 0.15) is 16.7 Å². The molecule has 3 heteroatoms. The van der Waals surface area contributed by atoms with Crippen LogP contribution in [0.2, 0.25) is 0 Å². The minimum Gasteiger partial charge on any atom is -0.384 e. The smallest absolute Gasteiger partial charge is 0.126 e. The Balaban J connectivity index is 1.76. The van der Waals surface area contributed by atoms with Gasteiger partial charge >= 0.3 is 0 Å². The van der Waals surface area contributed by atoms with E-state index in [1.807, 2.05) is 6.07 Å². The lowest BCUT2D eigenvalue weighted by atomic mass is 10.1. The number of aryl methyl sites for hydroxylation is 1. The molecule has 0 bridgehead atoms. The molecule has 2 N–H and O–H groups in total. The Labute approximate surface area is 112 Å². The lowest BCUT2D eigenvalue weighted by Gasteiger charge is -2.11. The zero-order valence-corrected chi connectivity index (χ0v) is 11.0. The number of benzene rings is 2. The van der Waals surface area contributed by atoms with Gasteiger partial charge in [-0.05, 0) is 48.2 Å². The van der Waals surface area contributed by atoms with E-state index in [1.165, 1.54) is 22.9 Å². The number of nitrogens with one attached hydrogen (secondary N) is 2. The normalized spacial score (nSPS) is 12.9. The first-order valence-corrected chi connectivity index (χ1v) is 6.59. The van der Waals surface area contributed by atoms with Crippen molar-refractivity contribution in [1.29, 1.82) is 0 Å². The maximum atomic E-state index is 13.2. The third kappa shape index (κ3) is 2.41. The second kappa shape index (κ2) is 4.92. The summed E-state index contributed by atoms with van der Waals surface area (Å²) >= 11 is 0. The van der Waals surface area contributed by atoms with Crippen LogP contribution in [0.15, 0.2) is 36.4 Å². The maximum absolute atomic E-state index is 13.2. The van der Waals surface area contributed by atoms with E-state index in [4.69, 9.17) is 0 Å². The molecule has 0 unspecified atom stereocenters. The van der Waals surface area contributed by atoms with Gasteiger partial charge in [-0.25, -0.2) is 4.39 Å². The van der Waals surface area contributed by atoms with Gasteiger partial charge in [-0.3, -0.25) is 0 Å². The van der Waals surface area contributed by atoms with Crippen molar-refractivity contribution < 1.29 is 4.39 Å². The molecule has 98 valence electrons. The van der Waals surface area contributed by atoms with Gasteiger partial charge in [0.25, 0.3) is 0 Å². The molecule has 0 spiro atoms. The van der Waals surface area contributed by atoms with Crippen molar-refractivity contribution in [2.45, 2.75) is 19.9 Å². The number of halogens is 1. The molecular weight excluding hydrogens is 239 g/mol. The van der Waals surface area contributed by atoms with Crippen LogP contribution in [0.4, 0.5) is 15.8 Å². The van der Waals surface area contributed by atoms with Crippen LogP contribution in [-0.2, 0) is 13.0 Å². The second-order valence-electron chi connectivity index (χ2n) is 4.95. The summed E-state index contributed by atoms with van der Waals surface area (Å²) in [6.07, 6.45) is 1.10. The molecule has 1 aliphatic heterocycles. The van der Waals surface area contributed by atoms with Gasteiger partial charge in [-0.1, -0.05) is 18.2 Å². The predicted molar refractivity (Wildman–Crippen MR) is 77.1 cm³/mol. The molecule has 2 nitrogen and oxygen atoms in total. The molecule has 0 aromatic heterocycles. The zero-order valence-electron chi connectivity index (χ0n) is 11.0. The van der Waals surface area contributed by atoms with E-state index < -0.39 is 0 Å². The quantitative estimate of drug-likeness (QED) is 0.874. The molecule has 0 saturated carbocycles. The van der Waals surface area contributed by atoms with E-state index in [0.717, 1.165) is 25.2 Å². The van der Waals surface area contributed by atoms with Crippen LogP contribution in [0.3, 0.4) is 0 Å². The standard InChI is InChI=1S/C16H17FN2/c1-11-9-14(5-6-15(11)17)19-10-13-4-2-3-12-7-8-18-16(12)13/h2-6,9,18-19H,7-8,10H2,1H3. The van der Waals surface area contributed by atoms with Crippen molar-refractivity contribution in [3.63, 3.8) is 0 Å². The van der Waals surface area contributed by atoms with Gasteiger partial charge in [0.05, 0.1) is 0 Å². The van der Waals surface area contributed by atoms with Crippen LogP contribution in [0.5, 0.6) is 0 Å². The van der Waals surface area contributed by atoms with E-state index in [1.54, 1.807) is 13.0 Å². The zero-order chi connectivity index (χ0) is 13.2. The third-order valence-corrected chi connectivity index (χ3v) is 3.57. The molecule has 3 rings (SSSR count). The highest BCUT2D eigenvalue weighted by atomic mass is 19.1. The summed E-state index contributed by atoms with van der Waals surface area (Å²) in [6.45, 7) is 3.55. The van der Waals surface area contributed by atoms with Gasteiger partial charge in [0.15, 0.2) is 0 Å². The summed E-state index contributed by atoms with van der Waals surface area (Å²) < 4.78 is 13.2. The van der Waals surface area contributed by atoms with E-state index in [-0.39, 0.29) is 5.82 Å². The molecule has 2 aromatic rings. The van der Waals surface area contributed by atoms with E-state index in [2.05, 4.69) is 28.8 Å². The van der Waals surface area contributed by atoms with Crippen molar-refractivity contribution in [3.05, 3.63) is 58.9 Å². The number of hydrogen-bond acceptors (Lipinski definition) is 2. The summed E-state index contributed by atoms with van der Waals surface area (Å²) in [5.41, 5.74) is 5.52. The number of anilines is 2. The van der Waals surface area contributed by atoms with Gasteiger partial charge in [0.1, 0.15) is 5.82 Å². The second-order valence-corrected chi connectivity index (χ2v) is 4.95. The molecule has 0 atom stereocenters. The first kappa shape index (κ1) is 12.0. The molecule has 0 amide bonds. The SMILES string of the molecule is Cc1cc(NCc2cccc3c2NCC3)ccc1F. The number of rotatable bonds is 3. The molecule has 1 aliphatic rings. The first-order valence-electron chi connectivity index (χ1n) is 6.59. The van der Waals surface area contributed by atoms with Crippen LogP contribution in [0.25, 0.3) is 0 Å². The molecule has 0 saturated heterocycles. The highest BCUT2D eigenvalue weighted by molar-refractivity contribution is 5.62.